The standard InChI is InChI=1S/C12H22N4O2/c1-3-5-6-7-8-9-10-16-11(13-14-15-16)12(17)18-4-2/h3-10H2,1-2H3. The summed E-state index contributed by atoms with van der Waals surface area (Å²) in [7, 11) is 0. The zero-order chi connectivity index (χ0) is 13.2. The topological polar surface area (TPSA) is 69.9 Å². The monoisotopic (exact) mass is 254 g/mol. The van der Waals surface area contributed by atoms with E-state index in [2.05, 4.69) is 22.4 Å². The summed E-state index contributed by atoms with van der Waals surface area (Å²) >= 11 is 0. The molecule has 0 aliphatic carbocycles. The van der Waals surface area contributed by atoms with Gasteiger partial charge in [-0.2, -0.15) is 0 Å². The summed E-state index contributed by atoms with van der Waals surface area (Å²) in [5.41, 5.74) is 0. The normalized spacial score (nSPS) is 10.6. The molecule has 0 radical (unpaired) electrons. The van der Waals surface area contributed by atoms with Crippen LogP contribution in [0.5, 0.6) is 0 Å². The van der Waals surface area contributed by atoms with Gasteiger partial charge >= 0.3 is 5.97 Å². The van der Waals surface area contributed by atoms with E-state index in [1.54, 1.807) is 6.92 Å². The molecule has 0 saturated heterocycles. The molecule has 0 aromatic carbocycles. The van der Waals surface area contributed by atoms with E-state index in [1.165, 1.54) is 30.4 Å². The van der Waals surface area contributed by atoms with Crippen LogP contribution in [0.15, 0.2) is 0 Å². The molecule has 0 aliphatic heterocycles. The van der Waals surface area contributed by atoms with Crippen LogP contribution in [0.25, 0.3) is 0 Å². The smallest absolute Gasteiger partial charge is 0.378 e. The number of esters is 1. The number of tetrazole rings is 1. The summed E-state index contributed by atoms with van der Waals surface area (Å²) in [4.78, 5) is 11.5. The second-order valence-corrected chi connectivity index (χ2v) is 4.21. The molecule has 0 spiro atoms. The molecule has 0 bridgehead atoms. The molecule has 1 heterocycles. The maximum Gasteiger partial charge on any atom is 0.378 e. The summed E-state index contributed by atoms with van der Waals surface area (Å²) < 4.78 is 6.41. The number of aromatic nitrogens is 4. The average Bonchev–Trinajstić information content (AvgIpc) is 2.82. The first kappa shape index (κ1) is 14.6. The maximum atomic E-state index is 11.5. The fourth-order valence-electron chi connectivity index (χ4n) is 1.74. The lowest BCUT2D eigenvalue weighted by molar-refractivity contribution is 0.0504. The van der Waals surface area contributed by atoms with Crippen LogP contribution in [0, 0.1) is 0 Å². The van der Waals surface area contributed by atoms with Gasteiger partial charge in [0.15, 0.2) is 0 Å². The van der Waals surface area contributed by atoms with Crippen molar-refractivity contribution in [3.05, 3.63) is 5.82 Å². The Hall–Kier alpha value is -1.46. The van der Waals surface area contributed by atoms with Crippen molar-refractivity contribution >= 4 is 5.97 Å². The van der Waals surface area contributed by atoms with Crippen LogP contribution in [-0.2, 0) is 11.3 Å². The summed E-state index contributed by atoms with van der Waals surface area (Å²) in [6, 6.07) is 0. The summed E-state index contributed by atoms with van der Waals surface area (Å²) in [5, 5.41) is 11.0. The SMILES string of the molecule is CCCCCCCCn1nnnc1C(=O)OCC. The second-order valence-electron chi connectivity index (χ2n) is 4.21. The van der Waals surface area contributed by atoms with E-state index in [1.807, 2.05) is 0 Å². The van der Waals surface area contributed by atoms with Gasteiger partial charge in [-0.15, -0.1) is 5.10 Å². The molecule has 0 atom stereocenters. The van der Waals surface area contributed by atoms with E-state index in [9.17, 15) is 4.79 Å². The van der Waals surface area contributed by atoms with Crippen LogP contribution < -0.4 is 0 Å². The summed E-state index contributed by atoms with van der Waals surface area (Å²) in [6.45, 7) is 4.97. The van der Waals surface area contributed by atoms with Crippen LogP contribution >= 0.6 is 0 Å². The Bertz CT molecular complexity index is 352. The van der Waals surface area contributed by atoms with Crippen LogP contribution in [0.2, 0.25) is 0 Å². The van der Waals surface area contributed by atoms with E-state index >= 15 is 0 Å². The predicted octanol–water partition coefficient (Wildman–Crippen LogP) is 2.21. The molecule has 6 heteroatoms. The number of carbonyl (C=O) groups excluding carboxylic acids is 1. The summed E-state index contributed by atoms with van der Waals surface area (Å²) in [5.74, 6) is -0.251. The molecule has 1 aromatic heterocycles. The highest BCUT2D eigenvalue weighted by molar-refractivity contribution is 5.85. The van der Waals surface area contributed by atoms with Gasteiger partial charge in [0.2, 0.25) is 0 Å². The first-order valence-electron chi connectivity index (χ1n) is 6.72. The lowest BCUT2D eigenvalue weighted by Crippen LogP contribution is -2.14. The number of rotatable bonds is 9. The van der Waals surface area contributed by atoms with E-state index in [0.29, 0.717) is 13.2 Å². The molecule has 0 amide bonds. The van der Waals surface area contributed by atoms with E-state index in [4.69, 9.17) is 4.74 Å². The van der Waals surface area contributed by atoms with Crippen LogP contribution in [0.3, 0.4) is 0 Å². The van der Waals surface area contributed by atoms with Crippen LogP contribution in [-0.4, -0.2) is 32.8 Å². The molecule has 0 fully saturated rings. The maximum absolute atomic E-state index is 11.5. The first-order valence-corrected chi connectivity index (χ1v) is 6.72. The number of hydrogen-bond acceptors (Lipinski definition) is 5. The van der Waals surface area contributed by atoms with Crippen molar-refractivity contribution in [1.82, 2.24) is 20.2 Å². The van der Waals surface area contributed by atoms with Crippen molar-refractivity contribution in [2.24, 2.45) is 0 Å². The lowest BCUT2D eigenvalue weighted by atomic mass is 10.1. The molecule has 102 valence electrons. The molecular weight excluding hydrogens is 232 g/mol. The molecule has 1 aromatic rings. The van der Waals surface area contributed by atoms with Crippen molar-refractivity contribution in [2.75, 3.05) is 6.61 Å². The third-order valence-corrected chi connectivity index (χ3v) is 2.71. The van der Waals surface area contributed by atoms with Gasteiger partial charge in [0.05, 0.1) is 6.61 Å². The Morgan fingerprint density at radius 1 is 1.17 bits per heavy atom. The van der Waals surface area contributed by atoms with Gasteiger partial charge < -0.3 is 4.74 Å². The number of unbranched alkanes of at least 4 members (excludes halogenated alkanes) is 5. The Morgan fingerprint density at radius 3 is 2.61 bits per heavy atom. The molecule has 0 unspecified atom stereocenters. The van der Waals surface area contributed by atoms with Crippen LogP contribution in [0.4, 0.5) is 0 Å². The zero-order valence-corrected chi connectivity index (χ0v) is 11.3. The van der Waals surface area contributed by atoms with Gasteiger partial charge in [-0.25, -0.2) is 9.48 Å². The van der Waals surface area contributed by atoms with Gasteiger partial charge in [0.1, 0.15) is 0 Å². The van der Waals surface area contributed by atoms with Gasteiger partial charge in [-0.05, 0) is 23.8 Å². The average molecular weight is 254 g/mol. The highest BCUT2D eigenvalue weighted by atomic mass is 16.5. The van der Waals surface area contributed by atoms with Gasteiger partial charge in [-0.1, -0.05) is 39.0 Å². The minimum absolute atomic E-state index is 0.199. The van der Waals surface area contributed by atoms with E-state index in [0.717, 1.165) is 12.8 Å². The van der Waals surface area contributed by atoms with Crippen LogP contribution in [0.1, 0.15) is 63.0 Å². The van der Waals surface area contributed by atoms with Gasteiger partial charge in [0, 0.05) is 6.54 Å². The first-order chi connectivity index (χ1) is 8.79. The minimum Gasteiger partial charge on any atom is -0.460 e. The van der Waals surface area contributed by atoms with Gasteiger partial charge in [-0.3, -0.25) is 0 Å². The number of nitrogens with zero attached hydrogens (tertiary/aromatic N) is 4. The largest absolute Gasteiger partial charge is 0.460 e. The Kier molecular flexibility index (Phi) is 6.98. The Balaban J connectivity index is 2.30. The molecule has 1 rings (SSSR count). The molecule has 18 heavy (non-hydrogen) atoms. The van der Waals surface area contributed by atoms with Crippen molar-refractivity contribution in [3.8, 4) is 0 Å². The minimum atomic E-state index is -0.450. The van der Waals surface area contributed by atoms with Crippen molar-refractivity contribution in [2.45, 2.75) is 58.9 Å². The van der Waals surface area contributed by atoms with E-state index in [-0.39, 0.29) is 5.82 Å². The molecule has 0 N–H and O–H groups in total. The lowest BCUT2D eigenvalue weighted by Gasteiger charge is -2.04. The third-order valence-electron chi connectivity index (χ3n) is 2.71. The Labute approximate surface area is 108 Å². The molecule has 6 nitrogen and oxygen atoms in total. The number of aryl methyl sites for hydroxylation is 1. The predicted molar refractivity (Wildman–Crippen MR) is 67.1 cm³/mol. The van der Waals surface area contributed by atoms with Crippen molar-refractivity contribution in [3.63, 3.8) is 0 Å². The zero-order valence-electron chi connectivity index (χ0n) is 11.3. The van der Waals surface area contributed by atoms with E-state index < -0.39 is 5.97 Å². The number of hydrogen-bond donors (Lipinski definition) is 0. The van der Waals surface area contributed by atoms with Crippen molar-refractivity contribution in [1.29, 1.82) is 0 Å². The fraction of sp³-hybridized carbons (Fsp3) is 0.833. The number of carbonyl (C=O) groups is 1. The van der Waals surface area contributed by atoms with Crippen molar-refractivity contribution < 1.29 is 9.53 Å². The third kappa shape index (κ3) is 4.81. The van der Waals surface area contributed by atoms with Gasteiger partial charge in [0.25, 0.3) is 5.82 Å². The number of ether oxygens (including phenoxy) is 1. The molecular formula is C12H22N4O2. The molecule has 0 saturated carbocycles. The fourth-order valence-corrected chi connectivity index (χ4v) is 1.74. The molecule has 0 aliphatic rings. The Morgan fingerprint density at radius 2 is 1.89 bits per heavy atom. The highest BCUT2D eigenvalue weighted by Crippen LogP contribution is 2.06. The quantitative estimate of drug-likeness (QED) is 0.499. The second kappa shape index (κ2) is 8.60. The highest BCUT2D eigenvalue weighted by Gasteiger charge is 2.15. The summed E-state index contributed by atoms with van der Waals surface area (Å²) in [6.07, 6.45) is 7.17.